The van der Waals surface area contributed by atoms with Crippen LogP contribution in [0.15, 0.2) is 35.3 Å². The summed E-state index contributed by atoms with van der Waals surface area (Å²) in [6.07, 6.45) is 1.93. The van der Waals surface area contributed by atoms with E-state index in [-0.39, 0.29) is 0 Å². The molecule has 0 radical (unpaired) electrons. The minimum Gasteiger partial charge on any atom is -0.285 e. The van der Waals surface area contributed by atoms with Crippen molar-refractivity contribution in [2.75, 3.05) is 19.8 Å². The summed E-state index contributed by atoms with van der Waals surface area (Å²) in [6, 6.07) is 10.2. The topological polar surface area (TPSA) is 15.6 Å². The highest BCUT2D eigenvalue weighted by Gasteiger charge is 1.93. The van der Waals surface area contributed by atoms with Gasteiger partial charge in [-0.2, -0.15) is 0 Å². The Morgan fingerprint density at radius 1 is 1.14 bits per heavy atom. The fourth-order valence-electron chi connectivity index (χ4n) is 1.22. The molecule has 2 nitrogen and oxygen atoms in total. The number of rotatable bonds is 5. The molecule has 0 bridgehead atoms. The van der Waals surface area contributed by atoms with Crippen molar-refractivity contribution in [2.24, 2.45) is 4.99 Å². The van der Waals surface area contributed by atoms with Crippen molar-refractivity contribution in [1.29, 1.82) is 0 Å². The van der Waals surface area contributed by atoms with Crippen LogP contribution < -0.4 is 0 Å². The van der Waals surface area contributed by atoms with Gasteiger partial charge < -0.3 is 0 Å². The molecule has 0 saturated heterocycles. The van der Waals surface area contributed by atoms with Crippen LogP contribution in [-0.2, 0) is 0 Å². The zero-order valence-electron chi connectivity index (χ0n) is 8.98. The Morgan fingerprint density at radius 3 is 2.36 bits per heavy atom. The van der Waals surface area contributed by atoms with Crippen molar-refractivity contribution in [1.82, 2.24) is 4.90 Å². The molecule has 0 N–H and O–H groups in total. The molecule has 14 heavy (non-hydrogen) atoms. The summed E-state index contributed by atoms with van der Waals surface area (Å²) in [5.41, 5.74) is 1.17. The standard InChI is InChI=1S/C12H18N2/c1-3-14(4-2)11-13-10-12-8-6-5-7-9-12/h5-10H,3-4,11H2,1-2H3. The number of hydrogen-bond acceptors (Lipinski definition) is 2. The van der Waals surface area contributed by atoms with Gasteiger partial charge in [0.25, 0.3) is 0 Å². The number of aliphatic imine (C=N–C) groups is 1. The van der Waals surface area contributed by atoms with Crippen molar-refractivity contribution in [3.05, 3.63) is 35.9 Å². The predicted octanol–water partition coefficient (Wildman–Crippen LogP) is 2.40. The predicted molar refractivity (Wildman–Crippen MR) is 61.8 cm³/mol. The van der Waals surface area contributed by atoms with Crippen molar-refractivity contribution < 1.29 is 0 Å². The smallest absolute Gasteiger partial charge is 0.0909 e. The maximum absolute atomic E-state index is 4.38. The summed E-state index contributed by atoms with van der Waals surface area (Å²) in [4.78, 5) is 6.66. The monoisotopic (exact) mass is 190 g/mol. The van der Waals surface area contributed by atoms with E-state index in [0.29, 0.717) is 0 Å². The van der Waals surface area contributed by atoms with Gasteiger partial charge in [0, 0.05) is 6.21 Å². The third-order valence-corrected chi connectivity index (χ3v) is 2.22. The second kappa shape index (κ2) is 6.33. The first-order valence-corrected chi connectivity index (χ1v) is 5.14. The van der Waals surface area contributed by atoms with Gasteiger partial charge in [0.1, 0.15) is 0 Å². The largest absolute Gasteiger partial charge is 0.285 e. The van der Waals surface area contributed by atoms with Crippen LogP contribution in [0, 0.1) is 0 Å². The molecule has 0 aliphatic carbocycles. The molecule has 0 saturated carbocycles. The Bertz CT molecular complexity index is 263. The highest BCUT2D eigenvalue weighted by Crippen LogP contribution is 1.94. The first kappa shape index (κ1) is 10.9. The Labute approximate surface area is 86.3 Å². The van der Waals surface area contributed by atoms with E-state index < -0.39 is 0 Å². The van der Waals surface area contributed by atoms with Crippen LogP contribution in [0.25, 0.3) is 0 Å². The minimum atomic E-state index is 0.794. The van der Waals surface area contributed by atoms with E-state index in [1.54, 1.807) is 0 Å². The average Bonchev–Trinajstić information content (AvgIpc) is 2.26. The first-order valence-electron chi connectivity index (χ1n) is 5.14. The van der Waals surface area contributed by atoms with Gasteiger partial charge in [0.2, 0.25) is 0 Å². The Morgan fingerprint density at radius 2 is 1.79 bits per heavy atom. The van der Waals surface area contributed by atoms with Gasteiger partial charge >= 0.3 is 0 Å². The SMILES string of the molecule is CCN(CC)CN=Cc1ccccc1. The molecule has 1 aromatic rings. The summed E-state index contributed by atoms with van der Waals surface area (Å²) >= 11 is 0. The molecular formula is C12H18N2. The number of nitrogens with zero attached hydrogens (tertiary/aromatic N) is 2. The third kappa shape index (κ3) is 3.71. The van der Waals surface area contributed by atoms with Crippen LogP contribution in [0.1, 0.15) is 19.4 Å². The molecule has 1 rings (SSSR count). The molecule has 0 spiro atoms. The van der Waals surface area contributed by atoms with E-state index in [1.165, 1.54) is 5.56 Å². The van der Waals surface area contributed by atoms with Crippen molar-refractivity contribution in [3.8, 4) is 0 Å². The zero-order chi connectivity index (χ0) is 10.2. The highest BCUT2D eigenvalue weighted by molar-refractivity contribution is 5.79. The van der Waals surface area contributed by atoms with Gasteiger partial charge in [0.15, 0.2) is 0 Å². The fourth-order valence-corrected chi connectivity index (χ4v) is 1.22. The van der Waals surface area contributed by atoms with Gasteiger partial charge in [-0.1, -0.05) is 44.2 Å². The van der Waals surface area contributed by atoms with Crippen LogP contribution in [0.2, 0.25) is 0 Å². The van der Waals surface area contributed by atoms with Crippen molar-refractivity contribution >= 4 is 6.21 Å². The normalized spacial score (nSPS) is 11.4. The molecule has 0 aliphatic heterocycles. The van der Waals surface area contributed by atoms with Crippen LogP contribution in [0.5, 0.6) is 0 Å². The van der Waals surface area contributed by atoms with E-state index in [2.05, 4.69) is 35.9 Å². The maximum atomic E-state index is 4.38. The number of hydrogen-bond donors (Lipinski definition) is 0. The lowest BCUT2D eigenvalue weighted by molar-refractivity contribution is 0.315. The van der Waals surface area contributed by atoms with E-state index in [0.717, 1.165) is 19.8 Å². The Hall–Kier alpha value is -1.15. The van der Waals surface area contributed by atoms with Gasteiger partial charge in [-0.25, -0.2) is 0 Å². The maximum Gasteiger partial charge on any atom is 0.0909 e. The second-order valence-corrected chi connectivity index (χ2v) is 3.17. The van der Waals surface area contributed by atoms with E-state index in [9.17, 15) is 0 Å². The van der Waals surface area contributed by atoms with Crippen LogP contribution in [0.3, 0.4) is 0 Å². The van der Waals surface area contributed by atoms with Crippen LogP contribution in [0.4, 0.5) is 0 Å². The fraction of sp³-hybridized carbons (Fsp3) is 0.417. The van der Waals surface area contributed by atoms with E-state index in [4.69, 9.17) is 0 Å². The molecule has 0 heterocycles. The molecule has 0 unspecified atom stereocenters. The third-order valence-electron chi connectivity index (χ3n) is 2.22. The van der Waals surface area contributed by atoms with E-state index >= 15 is 0 Å². The minimum absolute atomic E-state index is 0.794. The molecule has 2 heteroatoms. The van der Waals surface area contributed by atoms with Gasteiger partial charge in [-0.15, -0.1) is 0 Å². The summed E-state index contributed by atoms with van der Waals surface area (Å²) in [5.74, 6) is 0. The molecule has 0 amide bonds. The number of benzene rings is 1. The van der Waals surface area contributed by atoms with Gasteiger partial charge in [-0.05, 0) is 18.7 Å². The molecule has 76 valence electrons. The molecule has 1 aromatic carbocycles. The molecule has 0 atom stereocenters. The lowest BCUT2D eigenvalue weighted by Gasteiger charge is -2.13. The van der Waals surface area contributed by atoms with Crippen molar-refractivity contribution in [3.63, 3.8) is 0 Å². The Kier molecular flexibility index (Phi) is 4.94. The summed E-state index contributed by atoms with van der Waals surface area (Å²) in [5, 5.41) is 0. The molecular weight excluding hydrogens is 172 g/mol. The summed E-state index contributed by atoms with van der Waals surface area (Å²) in [7, 11) is 0. The Balaban J connectivity index is 2.41. The van der Waals surface area contributed by atoms with E-state index in [1.807, 2.05) is 24.4 Å². The lowest BCUT2D eigenvalue weighted by Crippen LogP contribution is -2.22. The average molecular weight is 190 g/mol. The highest BCUT2D eigenvalue weighted by atomic mass is 15.2. The lowest BCUT2D eigenvalue weighted by atomic mass is 10.2. The molecule has 0 aromatic heterocycles. The van der Waals surface area contributed by atoms with Crippen molar-refractivity contribution in [2.45, 2.75) is 13.8 Å². The second-order valence-electron chi connectivity index (χ2n) is 3.17. The quantitative estimate of drug-likeness (QED) is 0.651. The summed E-state index contributed by atoms with van der Waals surface area (Å²) in [6.45, 7) is 7.22. The molecule has 0 aliphatic rings. The van der Waals surface area contributed by atoms with Crippen LogP contribution >= 0.6 is 0 Å². The molecule has 0 fully saturated rings. The zero-order valence-corrected chi connectivity index (χ0v) is 8.98. The first-order chi connectivity index (χ1) is 6.86. The van der Waals surface area contributed by atoms with Gasteiger partial charge in [0.05, 0.1) is 6.67 Å². The summed E-state index contributed by atoms with van der Waals surface area (Å²) < 4.78 is 0. The van der Waals surface area contributed by atoms with Gasteiger partial charge in [-0.3, -0.25) is 9.89 Å². The van der Waals surface area contributed by atoms with Crippen LogP contribution in [-0.4, -0.2) is 30.9 Å².